The standard InChI is InChI=1S/C17H22N2O3/c20-16-2-1-8-19(16)11-14-5-3-13(4-6-14)10-18-17(21)15-7-9-22-12-15/h3-6,15H,1-2,7-12H2,(H,18,21). The van der Waals surface area contributed by atoms with E-state index in [0.717, 1.165) is 30.5 Å². The van der Waals surface area contributed by atoms with Crippen molar-refractivity contribution in [3.05, 3.63) is 35.4 Å². The molecule has 0 radical (unpaired) electrons. The Kier molecular flexibility index (Phi) is 4.73. The largest absolute Gasteiger partial charge is 0.381 e. The minimum Gasteiger partial charge on any atom is -0.381 e. The zero-order valence-corrected chi connectivity index (χ0v) is 12.7. The number of amides is 2. The molecule has 2 fully saturated rings. The number of hydrogen-bond donors (Lipinski definition) is 1. The lowest BCUT2D eigenvalue weighted by atomic mass is 10.1. The fraction of sp³-hybridized carbons (Fsp3) is 0.529. The Labute approximate surface area is 130 Å². The van der Waals surface area contributed by atoms with Crippen LogP contribution in [0.15, 0.2) is 24.3 Å². The highest BCUT2D eigenvalue weighted by Gasteiger charge is 2.23. The van der Waals surface area contributed by atoms with Crippen molar-refractivity contribution >= 4 is 11.8 Å². The minimum atomic E-state index is 0.000419. The van der Waals surface area contributed by atoms with Gasteiger partial charge in [-0.05, 0) is 24.0 Å². The molecule has 2 amide bonds. The van der Waals surface area contributed by atoms with Gasteiger partial charge in [0.1, 0.15) is 0 Å². The van der Waals surface area contributed by atoms with Crippen LogP contribution >= 0.6 is 0 Å². The maximum absolute atomic E-state index is 11.9. The first-order valence-corrected chi connectivity index (χ1v) is 7.93. The van der Waals surface area contributed by atoms with E-state index in [4.69, 9.17) is 4.74 Å². The highest BCUT2D eigenvalue weighted by atomic mass is 16.5. The summed E-state index contributed by atoms with van der Waals surface area (Å²) in [6.07, 6.45) is 2.46. The lowest BCUT2D eigenvalue weighted by molar-refractivity contribution is -0.128. The average molecular weight is 302 g/mol. The summed E-state index contributed by atoms with van der Waals surface area (Å²) < 4.78 is 5.22. The van der Waals surface area contributed by atoms with Crippen LogP contribution in [0.5, 0.6) is 0 Å². The monoisotopic (exact) mass is 302 g/mol. The summed E-state index contributed by atoms with van der Waals surface area (Å²) >= 11 is 0. The van der Waals surface area contributed by atoms with Crippen LogP contribution in [-0.4, -0.2) is 36.5 Å². The second-order valence-electron chi connectivity index (χ2n) is 6.01. The second-order valence-corrected chi connectivity index (χ2v) is 6.01. The number of carbonyl (C=O) groups is 2. The molecule has 2 aliphatic rings. The third kappa shape index (κ3) is 3.65. The first kappa shape index (κ1) is 15.0. The number of ether oxygens (including phenoxy) is 1. The van der Waals surface area contributed by atoms with Gasteiger partial charge in [0.2, 0.25) is 11.8 Å². The molecule has 1 N–H and O–H groups in total. The molecule has 5 nitrogen and oxygen atoms in total. The fourth-order valence-corrected chi connectivity index (χ4v) is 2.93. The summed E-state index contributed by atoms with van der Waals surface area (Å²) in [5.74, 6) is 0.319. The number of nitrogens with zero attached hydrogens (tertiary/aromatic N) is 1. The molecule has 5 heteroatoms. The van der Waals surface area contributed by atoms with Crippen LogP contribution in [0.2, 0.25) is 0 Å². The van der Waals surface area contributed by atoms with E-state index >= 15 is 0 Å². The summed E-state index contributed by atoms with van der Waals surface area (Å²) in [5, 5.41) is 2.96. The minimum absolute atomic E-state index is 0.000419. The van der Waals surface area contributed by atoms with Gasteiger partial charge in [0, 0.05) is 32.7 Å². The van der Waals surface area contributed by atoms with Gasteiger partial charge < -0.3 is 15.0 Å². The maximum Gasteiger partial charge on any atom is 0.225 e. The van der Waals surface area contributed by atoms with Gasteiger partial charge in [-0.2, -0.15) is 0 Å². The van der Waals surface area contributed by atoms with Crippen molar-refractivity contribution < 1.29 is 14.3 Å². The summed E-state index contributed by atoms with van der Waals surface area (Å²) in [6, 6.07) is 8.10. The maximum atomic E-state index is 11.9. The zero-order chi connectivity index (χ0) is 15.4. The van der Waals surface area contributed by atoms with Crippen LogP contribution in [0, 0.1) is 5.92 Å². The third-order valence-corrected chi connectivity index (χ3v) is 4.34. The number of hydrogen-bond acceptors (Lipinski definition) is 3. The Hall–Kier alpha value is -1.88. The van der Waals surface area contributed by atoms with Crippen molar-refractivity contribution in [1.82, 2.24) is 10.2 Å². The highest BCUT2D eigenvalue weighted by molar-refractivity contribution is 5.79. The Morgan fingerprint density at radius 1 is 1.27 bits per heavy atom. The van der Waals surface area contributed by atoms with E-state index in [2.05, 4.69) is 5.32 Å². The molecular weight excluding hydrogens is 280 g/mol. The van der Waals surface area contributed by atoms with E-state index in [1.165, 1.54) is 0 Å². The smallest absolute Gasteiger partial charge is 0.225 e. The fourth-order valence-electron chi connectivity index (χ4n) is 2.93. The van der Waals surface area contributed by atoms with Crippen molar-refractivity contribution in [3.8, 4) is 0 Å². The van der Waals surface area contributed by atoms with Gasteiger partial charge >= 0.3 is 0 Å². The number of benzene rings is 1. The van der Waals surface area contributed by atoms with E-state index in [0.29, 0.717) is 32.7 Å². The number of carbonyl (C=O) groups excluding carboxylic acids is 2. The van der Waals surface area contributed by atoms with E-state index in [9.17, 15) is 9.59 Å². The van der Waals surface area contributed by atoms with E-state index in [1.54, 1.807) is 0 Å². The van der Waals surface area contributed by atoms with Crippen LogP contribution in [0.1, 0.15) is 30.4 Å². The van der Waals surface area contributed by atoms with Crippen LogP contribution in [0.3, 0.4) is 0 Å². The zero-order valence-electron chi connectivity index (χ0n) is 12.7. The van der Waals surface area contributed by atoms with Crippen LogP contribution in [0.4, 0.5) is 0 Å². The molecule has 0 aromatic heterocycles. The van der Waals surface area contributed by atoms with E-state index in [1.807, 2.05) is 29.2 Å². The molecule has 0 aliphatic carbocycles. The van der Waals surface area contributed by atoms with Gasteiger partial charge in [-0.3, -0.25) is 9.59 Å². The topological polar surface area (TPSA) is 58.6 Å². The van der Waals surface area contributed by atoms with Gasteiger partial charge in [0.05, 0.1) is 12.5 Å². The van der Waals surface area contributed by atoms with Crippen molar-refractivity contribution in [2.24, 2.45) is 5.92 Å². The molecule has 1 aromatic carbocycles. The van der Waals surface area contributed by atoms with Crippen molar-refractivity contribution in [3.63, 3.8) is 0 Å². The normalized spacial score (nSPS) is 21.4. The molecule has 2 saturated heterocycles. The summed E-state index contributed by atoms with van der Waals surface area (Å²) in [7, 11) is 0. The van der Waals surface area contributed by atoms with E-state index in [-0.39, 0.29) is 17.7 Å². The van der Waals surface area contributed by atoms with Crippen molar-refractivity contribution in [2.45, 2.75) is 32.4 Å². The molecule has 22 heavy (non-hydrogen) atoms. The molecule has 118 valence electrons. The molecule has 3 rings (SSSR count). The first-order chi connectivity index (χ1) is 10.7. The van der Waals surface area contributed by atoms with Crippen LogP contribution in [-0.2, 0) is 27.4 Å². The predicted molar refractivity (Wildman–Crippen MR) is 81.9 cm³/mol. The van der Waals surface area contributed by atoms with Gasteiger partial charge in [0.15, 0.2) is 0 Å². The van der Waals surface area contributed by atoms with Gasteiger partial charge in [-0.1, -0.05) is 24.3 Å². The van der Waals surface area contributed by atoms with Gasteiger partial charge in [0.25, 0.3) is 0 Å². The van der Waals surface area contributed by atoms with Crippen molar-refractivity contribution in [1.29, 1.82) is 0 Å². The van der Waals surface area contributed by atoms with Gasteiger partial charge in [-0.15, -0.1) is 0 Å². The first-order valence-electron chi connectivity index (χ1n) is 7.93. The quantitative estimate of drug-likeness (QED) is 0.896. The molecule has 0 bridgehead atoms. The molecule has 0 spiro atoms. The molecule has 1 unspecified atom stereocenters. The Morgan fingerprint density at radius 2 is 2.05 bits per heavy atom. The molecule has 2 heterocycles. The molecule has 1 atom stereocenters. The third-order valence-electron chi connectivity index (χ3n) is 4.34. The van der Waals surface area contributed by atoms with Crippen LogP contribution in [0.25, 0.3) is 0 Å². The SMILES string of the molecule is O=C(NCc1ccc(CN2CCCC2=O)cc1)C1CCOC1. The lowest BCUT2D eigenvalue weighted by Gasteiger charge is -2.15. The number of rotatable bonds is 5. The Bertz CT molecular complexity index is 535. The number of nitrogens with one attached hydrogen (secondary N) is 1. The molecule has 1 aromatic rings. The van der Waals surface area contributed by atoms with Crippen molar-refractivity contribution in [2.75, 3.05) is 19.8 Å². The summed E-state index contributed by atoms with van der Waals surface area (Å²) in [6.45, 7) is 3.31. The molecule has 0 saturated carbocycles. The Balaban J connectivity index is 1.48. The van der Waals surface area contributed by atoms with Crippen LogP contribution < -0.4 is 5.32 Å². The second kappa shape index (κ2) is 6.92. The van der Waals surface area contributed by atoms with E-state index < -0.39 is 0 Å². The van der Waals surface area contributed by atoms with Gasteiger partial charge in [-0.25, -0.2) is 0 Å². The Morgan fingerprint density at radius 3 is 2.68 bits per heavy atom. The summed E-state index contributed by atoms with van der Waals surface area (Å²) in [4.78, 5) is 25.4. The predicted octanol–water partition coefficient (Wildman–Crippen LogP) is 1.46. The summed E-state index contributed by atoms with van der Waals surface area (Å²) in [5.41, 5.74) is 2.21. The lowest BCUT2D eigenvalue weighted by Crippen LogP contribution is -2.30. The average Bonchev–Trinajstić information content (AvgIpc) is 3.19. The number of likely N-dealkylation sites (tertiary alicyclic amines) is 1. The molecule has 2 aliphatic heterocycles. The highest BCUT2D eigenvalue weighted by Crippen LogP contribution is 2.15. The molecular formula is C17H22N2O3.